The molecule has 1 N–H and O–H groups in total. The van der Waals surface area contributed by atoms with E-state index < -0.39 is 0 Å². The highest BCUT2D eigenvalue weighted by molar-refractivity contribution is 4.94. The third-order valence-corrected chi connectivity index (χ3v) is 3.82. The average molecular weight is 215 g/mol. The summed E-state index contributed by atoms with van der Waals surface area (Å²) in [6.07, 6.45) is 3.26. The van der Waals surface area contributed by atoms with E-state index in [9.17, 15) is 0 Å². The molecular weight excluding hydrogens is 190 g/mol. The Morgan fingerprint density at radius 3 is 2.80 bits per heavy atom. The van der Waals surface area contributed by atoms with E-state index >= 15 is 0 Å². The van der Waals surface area contributed by atoms with Gasteiger partial charge in [-0.2, -0.15) is 0 Å². The van der Waals surface area contributed by atoms with Gasteiger partial charge in [0.15, 0.2) is 0 Å². The smallest absolute Gasteiger partial charge is 0.0474 e. The number of hydrogen-bond donors (Lipinski definition) is 1. The van der Waals surface area contributed by atoms with Gasteiger partial charge in [0.1, 0.15) is 0 Å². The maximum Gasteiger partial charge on any atom is 0.0474 e. The van der Waals surface area contributed by atoms with E-state index in [1.54, 1.807) is 7.11 Å². The molecule has 0 aliphatic carbocycles. The van der Waals surface area contributed by atoms with E-state index in [2.05, 4.69) is 18.7 Å². The van der Waals surface area contributed by atoms with Crippen LogP contribution in [0.5, 0.6) is 0 Å². The molecule has 0 bridgehead atoms. The zero-order chi connectivity index (χ0) is 11.3. The van der Waals surface area contributed by atoms with Gasteiger partial charge in [0, 0.05) is 32.4 Å². The van der Waals surface area contributed by atoms with E-state index in [0.29, 0.717) is 12.5 Å². The fraction of sp³-hybridized carbons (Fsp3) is 1.00. The zero-order valence-electron chi connectivity index (χ0n) is 10.3. The van der Waals surface area contributed by atoms with Crippen LogP contribution in [0.1, 0.15) is 33.1 Å². The van der Waals surface area contributed by atoms with Gasteiger partial charge < -0.3 is 9.84 Å². The summed E-state index contributed by atoms with van der Waals surface area (Å²) in [6.45, 7) is 8.04. The highest BCUT2D eigenvalue weighted by Crippen LogP contribution is 2.36. The Labute approximate surface area is 93.4 Å². The van der Waals surface area contributed by atoms with Gasteiger partial charge in [-0.15, -0.1) is 0 Å². The molecule has 1 unspecified atom stereocenters. The molecule has 0 spiro atoms. The van der Waals surface area contributed by atoms with E-state index in [4.69, 9.17) is 9.84 Å². The van der Waals surface area contributed by atoms with Crippen molar-refractivity contribution in [1.29, 1.82) is 0 Å². The molecule has 1 rings (SSSR count). The van der Waals surface area contributed by atoms with Gasteiger partial charge in [0.05, 0.1) is 0 Å². The molecule has 0 saturated carbocycles. The van der Waals surface area contributed by atoms with Gasteiger partial charge >= 0.3 is 0 Å². The van der Waals surface area contributed by atoms with Crippen molar-refractivity contribution in [2.75, 3.05) is 33.4 Å². The van der Waals surface area contributed by atoms with Crippen molar-refractivity contribution in [3.05, 3.63) is 0 Å². The Bertz CT molecular complexity index is 182. The van der Waals surface area contributed by atoms with Crippen LogP contribution in [0.15, 0.2) is 0 Å². The minimum atomic E-state index is 0.246. The molecule has 15 heavy (non-hydrogen) atoms. The van der Waals surface area contributed by atoms with Crippen molar-refractivity contribution in [2.45, 2.75) is 38.6 Å². The molecule has 1 fully saturated rings. The maximum absolute atomic E-state index is 9.02. The number of aliphatic hydroxyl groups excluding tert-OH is 1. The van der Waals surface area contributed by atoms with Crippen LogP contribution < -0.4 is 0 Å². The molecule has 0 aromatic carbocycles. The first-order chi connectivity index (χ1) is 7.12. The Hall–Kier alpha value is -0.120. The predicted octanol–water partition coefficient (Wildman–Crippen LogP) is 1.51. The molecule has 1 aliphatic rings. The number of ether oxygens (including phenoxy) is 1. The molecule has 90 valence electrons. The molecule has 1 heterocycles. The second kappa shape index (κ2) is 5.83. The molecule has 0 radical (unpaired) electrons. The summed E-state index contributed by atoms with van der Waals surface area (Å²) < 4.78 is 5.08. The topological polar surface area (TPSA) is 32.7 Å². The SMILES string of the molecule is COCCCN1CCC(CCO)C1(C)C. The summed E-state index contributed by atoms with van der Waals surface area (Å²) in [6, 6.07) is 0. The van der Waals surface area contributed by atoms with Crippen molar-refractivity contribution in [3.8, 4) is 0 Å². The third kappa shape index (κ3) is 3.16. The number of hydrogen-bond acceptors (Lipinski definition) is 3. The number of aliphatic hydroxyl groups is 1. The van der Waals surface area contributed by atoms with Crippen LogP contribution in [-0.2, 0) is 4.74 Å². The molecule has 0 aromatic rings. The number of likely N-dealkylation sites (tertiary alicyclic amines) is 1. The molecule has 1 atom stereocenters. The van der Waals surface area contributed by atoms with Crippen molar-refractivity contribution < 1.29 is 9.84 Å². The lowest BCUT2D eigenvalue weighted by Gasteiger charge is -2.36. The quantitative estimate of drug-likeness (QED) is 0.682. The van der Waals surface area contributed by atoms with Gasteiger partial charge in [-0.05, 0) is 45.6 Å². The molecular formula is C12H25NO2. The Morgan fingerprint density at radius 1 is 1.47 bits per heavy atom. The Kier molecular flexibility index (Phi) is 5.03. The predicted molar refractivity (Wildman–Crippen MR) is 62.0 cm³/mol. The van der Waals surface area contributed by atoms with Crippen LogP contribution in [0, 0.1) is 5.92 Å². The first kappa shape index (κ1) is 12.9. The molecule has 0 amide bonds. The van der Waals surface area contributed by atoms with E-state index in [1.807, 2.05) is 0 Å². The van der Waals surface area contributed by atoms with Gasteiger partial charge in [-0.3, -0.25) is 4.90 Å². The largest absolute Gasteiger partial charge is 0.396 e. The Balaban J connectivity index is 2.40. The lowest BCUT2D eigenvalue weighted by atomic mass is 9.86. The van der Waals surface area contributed by atoms with E-state index in [0.717, 1.165) is 26.0 Å². The monoisotopic (exact) mass is 215 g/mol. The summed E-state index contributed by atoms with van der Waals surface area (Å²) in [5, 5.41) is 9.02. The van der Waals surface area contributed by atoms with Crippen molar-refractivity contribution in [1.82, 2.24) is 4.90 Å². The van der Waals surface area contributed by atoms with Crippen LogP contribution in [-0.4, -0.2) is 49.0 Å². The van der Waals surface area contributed by atoms with E-state index in [1.165, 1.54) is 13.0 Å². The highest BCUT2D eigenvalue weighted by atomic mass is 16.5. The first-order valence-corrected chi connectivity index (χ1v) is 5.97. The normalized spacial score (nSPS) is 26.0. The lowest BCUT2D eigenvalue weighted by molar-refractivity contribution is 0.105. The number of methoxy groups -OCH3 is 1. The first-order valence-electron chi connectivity index (χ1n) is 5.97. The summed E-state index contributed by atoms with van der Waals surface area (Å²) in [5.74, 6) is 0.644. The summed E-state index contributed by atoms with van der Waals surface area (Å²) in [7, 11) is 1.75. The third-order valence-electron chi connectivity index (χ3n) is 3.82. The maximum atomic E-state index is 9.02. The van der Waals surface area contributed by atoms with Gasteiger partial charge in [-0.1, -0.05) is 0 Å². The number of nitrogens with zero attached hydrogens (tertiary/aromatic N) is 1. The van der Waals surface area contributed by atoms with Gasteiger partial charge in [0.25, 0.3) is 0 Å². The zero-order valence-corrected chi connectivity index (χ0v) is 10.3. The van der Waals surface area contributed by atoms with Crippen molar-refractivity contribution in [3.63, 3.8) is 0 Å². The Morgan fingerprint density at radius 2 is 2.20 bits per heavy atom. The minimum Gasteiger partial charge on any atom is -0.396 e. The molecule has 3 nitrogen and oxygen atoms in total. The van der Waals surface area contributed by atoms with Crippen LogP contribution in [0.4, 0.5) is 0 Å². The standard InChI is InChI=1S/C12H25NO2/c1-12(2)11(6-9-14)5-8-13(12)7-4-10-15-3/h11,14H,4-10H2,1-3H3. The summed E-state index contributed by atoms with van der Waals surface area (Å²) in [5.41, 5.74) is 0.246. The highest BCUT2D eigenvalue weighted by Gasteiger charge is 2.39. The number of rotatable bonds is 6. The van der Waals surface area contributed by atoms with Crippen LogP contribution in [0.3, 0.4) is 0 Å². The molecule has 1 aliphatic heterocycles. The fourth-order valence-electron chi connectivity index (χ4n) is 2.66. The fourth-order valence-corrected chi connectivity index (χ4v) is 2.66. The lowest BCUT2D eigenvalue weighted by Crippen LogP contribution is -2.43. The van der Waals surface area contributed by atoms with Gasteiger partial charge in [-0.25, -0.2) is 0 Å². The van der Waals surface area contributed by atoms with Crippen LogP contribution in [0.25, 0.3) is 0 Å². The minimum absolute atomic E-state index is 0.246. The van der Waals surface area contributed by atoms with Crippen LogP contribution >= 0.6 is 0 Å². The van der Waals surface area contributed by atoms with Gasteiger partial charge in [0.2, 0.25) is 0 Å². The molecule has 3 heteroatoms. The van der Waals surface area contributed by atoms with Crippen molar-refractivity contribution >= 4 is 0 Å². The second-order valence-corrected chi connectivity index (χ2v) is 4.98. The summed E-state index contributed by atoms with van der Waals surface area (Å²) >= 11 is 0. The van der Waals surface area contributed by atoms with Crippen molar-refractivity contribution in [2.24, 2.45) is 5.92 Å². The van der Waals surface area contributed by atoms with Crippen LogP contribution in [0.2, 0.25) is 0 Å². The second-order valence-electron chi connectivity index (χ2n) is 4.98. The summed E-state index contributed by atoms with van der Waals surface area (Å²) in [4.78, 5) is 2.53. The van der Waals surface area contributed by atoms with E-state index in [-0.39, 0.29) is 5.54 Å². The molecule has 0 aromatic heterocycles. The average Bonchev–Trinajstić information content (AvgIpc) is 2.46. The molecule has 1 saturated heterocycles.